The number of hydrogen-bond acceptors (Lipinski definition) is 4. The molecule has 156 valence electrons. The molecule has 0 aliphatic rings. The fourth-order valence-electron chi connectivity index (χ4n) is 2.90. The van der Waals surface area contributed by atoms with Crippen LogP contribution in [0.5, 0.6) is 11.5 Å². The molecule has 0 bridgehead atoms. The van der Waals surface area contributed by atoms with Crippen molar-refractivity contribution in [1.29, 1.82) is 0 Å². The molecular weight excluding hydrogens is 444 g/mol. The Morgan fingerprint density at radius 1 is 0.900 bits per heavy atom. The number of carbonyl (C=O) groups is 1. The first kappa shape index (κ1) is 21.7. The summed E-state index contributed by atoms with van der Waals surface area (Å²) in [5, 5.41) is 6.23. The zero-order valence-corrected chi connectivity index (χ0v) is 18.9. The molecule has 0 aliphatic carbocycles. The third-order valence-electron chi connectivity index (χ3n) is 4.59. The fraction of sp³-hybridized carbons (Fsp3) is 0.208. The van der Waals surface area contributed by atoms with Crippen LogP contribution in [0.15, 0.2) is 65.1 Å². The van der Waals surface area contributed by atoms with Gasteiger partial charge in [-0.05, 0) is 50.2 Å². The zero-order chi connectivity index (χ0) is 21.5. The largest absolute Gasteiger partial charge is 0.493 e. The van der Waals surface area contributed by atoms with Gasteiger partial charge in [-0.3, -0.25) is 4.79 Å². The van der Waals surface area contributed by atoms with Crippen LogP contribution < -0.4 is 20.1 Å². The number of benzene rings is 3. The van der Waals surface area contributed by atoms with Gasteiger partial charge >= 0.3 is 0 Å². The van der Waals surface area contributed by atoms with Crippen molar-refractivity contribution in [3.8, 4) is 11.5 Å². The first-order chi connectivity index (χ1) is 14.5. The summed E-state index contributed by atoms with van der Waals surface area (Å²) in [4.78, 5) is 12.4. The molecule has 0 unspecified atom stereocenters. The smallest absolute Gasteiger partial charge is 0.262 e. The maximum Gasteiger partial charge on any atom is 0.262 e. The van der Waals surface area contributed by atoms with E-state index in [9.17, 15) is 4.79 Å². The average molecular weight is 469 g/mol. The van der Waals surface area contributed by atoms with Crippen LogP contribution in [-0.2, 0) is 11.3 Å². The van der Waals surface area contributed by atoms with E-state index in [0.29, 0.717) is 18.0 Å². The number of nitrogens with one attached hydrogen (secondary N) is 2. The number of ether oxygens (including phenoxy) is 2. The molecule has 3 aromatic carbocycles. The highest BCUT2D eigenvalue weighted by Gasteiger charge is 2.16. The molecular formula is C24H25BrN2O3. The summed E-state index contributed by atoms with van der Waals surface area (Å²) in [6.07, 6.45) is 0. The molecule has 1 amide bonds. The van der Waals surface area contributed by atoms with Crippen molar-refractivity contribution in [2.24, 2.45) is 0 Å². The first-order valence-electron chi connectivity index (χ1n) is 9.61. The van der Waals surface area contributed by atoms with Crippen molar-refractivity contribution in [2.45, 2.75) is 20.4 Å². The van der Waals surface area contributed by atoms with Gasteiger partial charge in [-0.2, -0.15) is 0 Å². The fourth-order valence-corrected chi connectivity index (χ4v) is 3.35. The highest BCUT2D eigenvalue weighted by molar-refractivity contribution is 9.10. The molecule has 0 atom stereocenters. The summed E-state index contributed by atoms with van der Waals surface area (Å²) in [7, 11) is 1.58. The Balaban J connectivity index is 1.71. The number of aryl methyl sites for hydroxylation is 2. The molecule has 0 heterocycles. The molecule has 6 heteroatoms. The van der Waals surface area contributed by atoms with Crippen molar-refractivity contribution < 1.29 is 14.3 Å². The highest BCUT2D eigenvalue weighted by atomic mass is 79.9. The molecule has 0 aromatic heterocycles. The van der Waals surface area contributed by atoms with Gasteiger partial charge in [0.05, 0.1) is 7.11 Å². The number of rotatable bonds is 8. The number of amides is 1. The lowest BCUT2D eigenvalue weighted by Gasteiger charge is -2.17. The van der Waals surface area contributed by atoms with Crippen molar-refractivity contribution in [1.82, 2.24) is 0 Å². The minimum atomic E-state index is -0.238. The SMILES string of the molecule is COc1ccc(Br)c(CNc2ccc(C)cc2)c1OCC(=O)Nc1ccc(C)cc1. The van der Waals surface area contributed by atoms with Gasteiger partial charge in [-0.15, -0.1) is 0 Å². The Hall–Kier alpha value is -2.99. The van der Waals surface area contributed by atoms with E-state index in [1.54, 1.807) is 7.11 Å². The Kier molecular flexibility index (Phi) is 7.36. The summed E-state index contributed by atoms with van der Waals surface area (Å²) in [6, 6.07) is 19.5. The van der Waals surface area contributed by atoms with E-state index in [1.807, 2.05) is 55.5 Å². The second-order valence-electron chi connectivity index (χ2n) is 6.98. The molecule has 0 spiro atoms. The van der Waals surface area contributed by atoms with Gasteiger partial charge in [-0.1, -0.05) is 51.3 Å². The Morgan fingerprint density at radius 2 is 1.50 bits per heavy atom. The number of anilines is 2. The van der Waals surface area contributed by atoms with E-state index in [4.69, 9.17) is 9.47 Å². The molecule has 30 heavy (non-hydrogen) atoms. The lowest BCUT2D eigenvalue weighted by Crippen LogP contribution is -2.21. The van der Waals surface area contributed by atoms with Crippen molar-refractivity contribution >= 4 is 33.2 Å². The van der Waals surface area contributed by atoms with Crippen molar-refractivity contribution in [2.75, 3.05) is 24.4 Å². The van der Waals surface area contributed by atoms with E-state index in [2.05, 4.69) is 45.6 Å². The molecule has 0 radical (unpaired) electrons. The van der Waals surface area contributed by atoms with Gasteiger partial charge in [0.2, 0.25) is 0 Å². The van der Waals surface area contributed by atoms with Crippen molar-refractivity contribution in [3.63, 3.8) is 0 Å². The lowest BCUT2D eigenvalue weighted by atomic mass is 10.1. The Morgan fingerprint density at radius 3 is 2.10 bits per heavy atom. The van der Waals surface area contributed by atoms with E-state index in [0.717, 1.165) is 27.0 Å². The normalized spacial score (nSPS) is 10.4. The van der Waals surface area contributed by atoms with Crippen LogP contribution in [0.1, 0.15) is 16.7 Å². The van der Waals surface area contributed by atoms with Gasteiger partial charge in [0.25, 0.3) is 5.91 Å². The molecule has 3 rings (SSSR count). The number of halogens is 1. The zero-order valence-electron chi connectivity index (χ0n) is 17.3. The summed E-state index contributed by atoms with van der Waals surface area (Å²) in [5.74, 6) is 0.867. The van der Waals surface area contributed by atoms with Gasteiger partial charge in [0.1, 0.15) is 0 Å². The third kappa shape index (κ3) is 5.76. The van der Waals surface area contributed by atoms with Gasteiger partial charge < -0.3 is 20.1 Å². The highest BCUT2D eigenvalue weighted by Crippen LogP contribution is 2.36. The molecule has 0 saturated heterocycles. The second-order valence-corrected chi connectivity index (χ2v) is 7.83. The van der Waals surface area contributed by atoms with Gasteiger partial charge in [0.15, 0.2) is 18.1 Å². The maximum absolute atomic E-state index is 12.4. The van der Waals surface area contributed by atoms with Crippen LogP contribution in [0.3, 0.4) is 0 Å². The number of carbonyl (C=O) groups excluding carboxylic acids is 1. The molecule has 0 fully saturated rings. The molecule has 0 aliphatic heterocycles. The van der Waals surface area contributed by atoms with E-state index in [-0.39, 0.29) is 12.5 Å². The van der Waals surface area contributed by atoms with Gasteiger partial charge in [-0.25, -0.2) is 0 Å². The van der Waals surface area contributed by atoms with Crippen LogP contribution in [0.25, 0.3) is 0 Å². The lowest BCUT2D eigenvalue weighted by molar-refractivity contribution is -0.118. The van der Waals surface area contributed by atoms with Crippen LogP contribution in [-0.4, -0.2) is 19.6 Å². The van der Waals surface area contributed by atoms with E-state index < -0.39 is 0 Å². The van der Waals surface area contributed by atoms with Crippen molar-refractivity contribution in [3.05, 3.63) is 81.8 Å². The molecule has 5 nitrogen and oxygen atoms in total. The van der Waals surface area contributed by atoms with Crippen LogP contribution in [0, 0.1) is 13.8 Å². The van der Waals surface area contributed by atoms with E-state index >= 15 is 0 Å². The maximum atomic E-state index is 12.4. The summed E-state index contributed by atoms with van der Waals surface area (Å²) < 4.78 is 12.2. The monoisotopic (exact) mass is 468 g/mol. The summed E-state index contributed by atoms with van der Waals surface area (Å²) in [5.41, 5.74) is 4.94. The summed E-state index contributed by atoms with van der Waals surface area (Å²) in [6.45, 7) is 4.43. The average Bonchev–Trinajstić information content (AvgIpc) is 2.74. The Bertz CT molecular complexity index is 1000. The number of methoxy groups -OCH3 is 1. The molecule has 3 aromatic rings. The first-order valence-corrected chi connectivity index (χ1v) is 10.4. The molecule has 0 saturated carbocycles. The van der Waals surface area contributed by atoms with Crippen LogP contribution >= 0.6 is 15.9 Å². The minimum absolute atomic E-state index is 0.127. The quantitative estimate of drug-likeness (QED) is 0.444. The topological polar surface area (TPSA) is 59.6 Å². The van der Waals surface area contributed by atoms with Crippen LogP contribution in [0.2, 0.25) is 0 Å². The van der Waals surface area contributed by atoms with E-state index in [1.165, 1.54) is 5.56 Å². The summed E-state index contributed by atoms with van der Waals surface area (Å²) >= 11 is 3.59. The standard InChI is InChI=1S/C24H25BrN2O3/c1-16-4-8-18(9-5-16)26-14-20-21(25)12-13-22(29-3)24(20)30-15-23(28)27-19-10-6-17(2)7-11-19/h4-13,26H,14-15H2,1-3H3,(H,27,28). The predicted molar refractivity (Wildman–Crippen MR) is 125 cm³/mol. The number of hydrogen-bond donors (Lipinski definition) is 2. The third-order valence-corrected chi connectivity index (χ3v) is 5.33. The van der Waals surface area contributed by atoms with Gasteiger partial charge in [0, 0.05) is 28.0 Å². The van der Waals surface area contributed by atoms with Crippen LogP contribution in [0.4, 0.5) is 11.4 Å². The Labute approximate surface area is 185 Å². The predicted octanol–water partition coefficient (Wildman–Crippen LogP) is 5.70. The second kappa shape index (κ2) is 10.2. The minimum Gasteiger partial charge on any atom is -0.493 e. The molecule has 2 N–H and O–H groups in total.